The summed E-state index contributed by atoms with van der Waals surface area (Å²) < 4.78 is 32.9. The van der Waals surface area contributed by atoms with E-state index in [-0.39, 0.29) is 11.4 Å². The number of rotatable bonds is 6. The van der Waals surface area contributed by atoms with Crippen molar-refractivity contribution in [3.8, 4) is 5.88 Å². The summed E-state index contributed by atoms with van der Waals surface area (Å²) in [6, 6.07) is 7.12. The number of nitrogens with zero attached hydrogens (tertiary/aromatic N) is 3. The van der Waals surface area contributed by atoms with Gasteiger partial charge in [-0.25, -0.2) is 4.39 Å². The van der Waals surface area contributed by atoms with E-state index < -0.39 is 23.4 Å². The molecular weight excluding hydrogens is 354 g/mol. The van der Waals surface area contributed by atoms with Crippen LogP contribution in [-0.4, -0.2) is 39.8 Å². The van der Waals surface area contributed by atoms with E-state index in [1.807, 2.05) is 6.92 Å². The van der Waals surface area contributed by atoms with Crippen molar-refractivity contribution in [1.29, 1.82) is 0 Å². The van der Waals surface area contributed by atoms with Gasteiger partial charge in [0.15, 0.2) is 5.72 Å². The van der Waals surface area contributed by atoms with Gasteiger partial charge in [0, 0.05) is 31.6 Å². The van der Waals surface area contributed by atoms with Gasteiger partial charge < -0.3 is 10.5 Å². The van der Waals surface area contributed by atoms with E-state index in [0.717, 1.165) is 31.4 Å². The molecule has 8 heteroatoms. The Morgan fingerprint density at radius 2 is 2.07 bits per heavy atom. The number of halogens is 2. The van der Waals surface area contributed by atoms with Gasteiger partial charge in [-0.3, -0.25) is 9.69 Å². The number of piperidine rings is 1. The minimum absolute atomic E-state index is 0.111. The van der Waals surface area contributed by atoms with Gasteiger partial charge in [0.2, 0.25) is 11.8 Å². The van der Waals surface area contributed by atoms with E-state index in [9.17, 15) is 13.6 Å². The zero-order valence-electron chi connectivity index (χ0n) is 15.1. The molecule has 2 heterocycles. The highest BCUT2D eigenvalue weighted by Gasteiger charge is 2.36. The summed E-state index contributed by atoms with van der Waals surface area (Å²) in [6.07, 6.45) is 3.41. The zero-order valence-corrected chi connectivity index (χ0v) is 15.1. The summed E-state index contributed by atoms with van der Waals surface area (Å²) in [5.41, 5.74) is 5.19. The second-order valence-corrected chi connectivity index (χ2v) is 6.84. The van der Waals surface area contributed by atoms with Crippen LogP contribution in [0.4, 0.5) is 8.78 Å². The fourth-order valence-electron chi connectivity index (χ4n) is 3.38. The molecule has 1 aromatic carbocycles. The van der Waals surface area contributed by atoms with Crippen LogP contribution in [0, 0.1) is 11.8 Å². The number of hydrogen-bond donors (Lipinski definition) is 1. The topological polar surface area (TPSA) is 81.3 Å². The third-order valence-corrected chi connectivity index (χ3v) is 4.89. The van der Waals surface area contributed by atoms with Crippen molar-refractivity contribution < 1.29 is 18.3 Å². The fraction of sp³-hybridized carbons (Fsp3) is 0.421. The molecule has 0 bridgehead atoms. The molecule has 6 nitrogen and oxygen atoms in total. The van der Waals surface area contributed by atoms with Gasteiger partial charge in [-0.1, -0.05) is 6.07 Å². The first-order valence-electron chi connectivity index (χ1n) is 8.89. The fourth-order valence-corrected chi connectivity index (χ4v) is 3.38. The van der Waals surface area contributed by atoms with Gasteiger partial charge in [0.25, 0.3) is 5.91 Å². The summed E-state index contributed by atoms with van der Waals surface area (Å²) in [7, 11) is 0. The maximum Gasteiger partial charge on any atom is 0.251 e. The number of primary amides is 1. The van der Waals surface area contributed by atoms with E-state index in [4.69, 9.17) is 10.5 Å². The Kier molecular flexibility index (Phi) is 5.65. The molecule has 1 atom stereocenters. The Hall–Kier alpha value is -2.61. The number of amides is 1. The molecule has 3 rings (SSSR count). The molecule has 0 aliphatic carbocycles. The lowest BCUT2D eigenvalue weighted by Crippen LogP contribution is -2.54. The number of hydrogen-bond acceptors (Lipinski definition) is 5. The zero-order chi connectivity index (χ0) is 19.4. The summed E-state index contributed by atoms with van der Waals surface area (Å²) >= 11 is 0. The molecule has 2 aromatic rings. The molecule has 0 saturated carbocycles. The minimum Gasteiger partial charge on any atom is -0.455 e. The monoisotopic (exact) mass is 376 g/mol. The van der Waals surface area contributed by atoms with Crippen LogP contribution in [0.2, 0.25) is 0 Å². The van der Waals surface area contributed by atoms with Crippen molar-refractivity contribution in [2.24, 2.45) is 5.73 Å². The smallest absolute Gasteiger partial charge is 0.251 e. The molecule has 0 radical (unpaired) electrons. The first kappa shape index (κ1) is 19.2. The van der Waals surface area contributed by atoms with Crippen LogP contribution in [0.3, 0.4) is 0 Å². The molecule has 1 aromatic heterocycles. The first-order chi connectivity index (χ1) is 12.9. The van der Waals surface area contributed by atoms with Gasteiger partial charge in [-0.15, -0.1) is 10.2 Å². The van der Waals surface area contributed by atoms with Crippen LogP contribution in [0.15, 0.2) is 30.3 Å². The van der Waals surface area contributed by atoms with E-state index >= 15 is 0 Å². The lowest BCUT2D eigenvalue weighted by atomic mass is 9.98. The molecule has 1 unspecified atom stereocenters. The summed E-state index contributed by atoms with van der Waals surface area (Å²) in [5, 5.41) is 7.13. The molecule has 1 saturated heterocycles. The van der Waals surface area contributed by atoms with Crippen molar-refractivity contribution in [2.75, 3.05) is 13.1 Å². The average Bonchev–Trinajstić information content (AvgIpc) is 2.62. The van der Waals surface area contributed by atoms with Crippen LogP contribution in [0.1, 0.15) is 42.1 Å². The normalized spacial score (nSPS) is 20.4. The van der Waals surface area contributed by atoms with Gasteiger partial charge >= 0.3 is 0 Å². The Labute approximate surface area is 156 Å². The maximum absolute atomic E-state index is 14.0. The standard InChI is InChI=1S/C19H22F2N4O2/c1-19(27-17-7-6-16(21)23-24-17)9-2-3-10-25(19)11-8-13-4-5-14(18(22)26)15(20)12-13/h4-7,12H,2-3,8-11H2,1H3,(H2,22,26). The predicted octanol–water partition coefficient (Wildman–Crippen LogP) is 2.68. The molecule has 0 spiro atoms. The Morgan fingerprint density at radius 3 is 2.74 bits per heavy atom. The van der Waals surface area contributed by atoms with Crippen molar-refractivity contribution in [3.63, 3.8) is 0 Å². The van der Waals surface area contributed by atoms with E-state index in [1.54, 1.807) is 6.07 Å². The van der Waals surface area contributed by atoms with Gasteiger partial charge in [0.1, 0.15) is 5.82 Å². The highest BCUT2D eigenvalue weighted by molar-refractivity contribution is 5.93. The maximum atomic E-state index is 14.0. The van der Waals surface area contributed by atoms with Crippen molar-refractivity contribution in [3.05, 3.63) is 53.2 Å². The van der Waals surface area contributed by atoms with Crippen LogP contribution < -0.4 is 10.5 Å². The molecule has 144 valence electrons. The quantitative estimate of drug-likeness (QED) is 0.838. The van der Waals surface area contributed by atoms with Crippen molar-refractivity contribution in [1.82, 2.24) is 15.1 Å². The third kappa shape index (κ3) is 4.57. The predicted molar refractivity (Wildman–Crippen MR) is 95.1 cm³/mol. The molecule has 1 fully saturated rings. The van der Waals surface area contributed by atoms with Crippen LogP contribution in [0.5, 0.6) is 5.88 Å². The van der Waals surface area contributed by atoms with Crippen LogP contribution >= 0.6 is 0 Å². The molecular formula is C19H22F2N4O2. The summed E-state index contributed by atoms with van der Waals surface area (Å²) in [4.78, 5) is 13.3. The van der Waals surface area contributed by atoms with Gasteiger partial charge in [-0.2, -0.15) is 4.39 Å². The molecule has 27 heavy (non-hydrogen) atoms. The highest BCUT2D eigenvalue weighted by atomic mass is 19.1. The number of likely N-dealkylation sites (tertiary alicyclic amines) is 1. The number of nitrogens with two attached hydrogens (primary N) is 1. The van der Waals surface area contributed by atoms with Crippen molar-refractivity contribution in [2.45, 2.75) is 38.3 Å². The summed E-state index contributed by atoms with van der Waals surface area (Å²) in [6.45, 7) is 3.43. The van der Waals surface area contributed by atoms with Gasteiger partial charge in [0.05, 0.1) is 5.56 Å². The molecule has 2 N–H and O–H groups in total. The SMILES string of the molecule is CC1(Oc2ccc(F)nn2)CCCCN1CCc1ccc(C(N)=O)c(F)c1. The number of carbonyl (C=O) groups is 1. The molecule has 1 aliphatic rings. The average molecular weight is 376 g/mol. The largest absolute Gasteiger partial charge is 0.455 e. The third-order valence-electron chi connectivity index (χ3n) is 4.89. The number of benzene rings is 1. The molecule has 1 aliphatic heterocycles. The van der Waals surface area contributed by atoms with Gasteiger partial charge in [-0.05, 0) is 43.9 Å². The lowest BCUT2D eigenvalue weighted by molar-refractivity contribution is -0.0982. The number of carbonyl (C=O) groups excluding carboxylic acids is 1. The van der Waals surface area contributed by atoms with Crippen LogP contribution in [0.25, 0.3) is 0 Å². The number of aromatic nitrogens is 2. The highest BCUT2D eigenvalue weighted by Crippen LogP contribution is 2.30. The second-order valence-electron chi connectivity index (χ2n) is 6.84. The van der Waals surface area contributed by atoms with Crippen molar-refractivity contribution >= 4 is 5.91 Å². The number of ether oxygens (including phenoxy) is 1. The van der Waals surface area contributed by atoms with E-state index in [2.05, 4.69) is 15.1 Å². The Morgan fingerprint density at radius 1 is 1.26 bits per heavy atom. The van der Waals surface area contributed by atoms with E-state index in [0.29, 0.717) is 13.0 Å². The second kappa shape index (κ2) is 7.96. The Balaban J connectivity index is 1.69. The minimum atomic E-state index is -0.781. The van der Waals surface area contributed by atoms with Crippen LogP contribution in [-0.2, 0) is 6.42 Å². The lowest BCUT2D eigenvalue weighted by Gasteiger charge is -2.44. The Bertz CT molecular complexity index is 816. The van der Waals surface area contributed by atoms with E-state index in [1.165, 1.54) is 24.3 Å². The summed E-state index contributed by atoms with van der Waals surface area (Å²) in [5.74, 6) is -1.78. The molecule has 1 amide bonds. The first-order valence-corrected chi connectivity index (χ1v) is 8.89.